The van der Waals surface area contributed by atoms with E-state index in [1.165, 1.54) is 177 Å². The van der Waals surface area contributed by atoms with Crippen LogP contribution in [0.25, 0.3) is 88.0 Å². The van der Waals surface area contributed by atoms with Crippen molar-refractivity contribution in [3.05, 3.63) is 406 Å². The number of hydrogen-bond acceptors (Lipinski definition) is 2. The number of fused-ring (bicyclic) bond motifs is 32. The first-order chi connectivity index (χ1) is 47.2. The van der Waals surface area contributed by atoms with Crippen molar-refractivity contribution in [3.8, 4) is 55.6 Å². The van der Waals surface area contributed by atoms with Gasteiger partial charge >= 0.3 is 0 Å². The summed E-state index contributed by atoms with van der Waals surface area (Å²) in [4.78, 5) is 5.24. The Hall–Kier alpha value is -12.1. The quantitative estimate of drug-likeness (QED) is 0.163. The predicted octanol–water partition coefficient (Wildman–Crippen LogP) is 23.4. The average Bonchev–Trinajstić information content (AvgIpc) is 1.57. The summed E-state index contributed by atoms with van der Waals surface area (Å²) in [6.07, 6.45) is 0. The minimum absolute atomic E-state index is 0.564. The van der Waals surface area contributed by atoms with Gasteiger partial charge in [0.25, 0.3) is 0 Å². The lowest BCUT2D eigenvalue weighted by atomic mass is 9.64. The van der Waals surface area contributed by atoms with Crippen LogP contribution >= 0.6 is 0 Å². The van der Waals surface area contributed by atoms with Crippen LogP contribution in [0.5, 0.6) is 0 Å². The first kappa shape index (κ1) is 51.5. The fourth-order valence-corrected chi connectivity index (χ4v) is 19.6. The van der Waals surface area contributed by atoms with Crippen LogP contribution in [-0.4, -0.2) is 0 Å². The van der Waals surface area contributed by atoms with Crippen molar-refractivity contribution in [1.29, 1.82) is 0 Å². The lowest BCUT2D eigenvalue weighted by Gasteiger charge is -2.45. The molecule has 3 spiro atoms. The molecule has 16 aromatic carbocycles. The van der Waals surface area contributed by atoms with Gasteiger partial charge in [0, 0.05) is 10.8 Å². The van der Waals surface area contributed by atoms with Gasteiger partial charge in [-0.15, -0.1) is 0 Å². The van der Waals surface area contributed by atoms with Crippen LogP contribution in [0.15, 0.2) is 340 Å². The Balaban J connectivity index is 0.884. The molecule has 0 N–H and O–H groups in total. The normalized spacial score (nSPS) is 14.9. The molecule has 438 valence electrons. The van der Waals surface area contributed by atoms with E-state index in [-0.39, 0.29) is 0 Å². The van der Waals surface area contributed by atoms with Crippen LogP contribution < -0.4 is 9.80 Å². The third-order valence-electron chi connectivity index (χ3n) is 22.8. The van der Waals surface area contributed by atoms with E-state index in [0.29, 0.717) is 0 Å². The van der Waals surface area contributed by atoms with Crippen LogP contribution in [-0.2, 0) is 16.2 Å². The number of hydrogen-bond donors (Lipinski definition) is 0. The standard InChI is InChI=1S/C93H56N2/c1-2-27-58-57(26-1)54-55-81-89(58)68-37-23-36-67(90(68)93(81)75-42-13-7-32-63(75)64-33-8-14-43-76(64)93)88-65-34-24-52-82(94-84-48-19-15-44-77(84)91(78-45-16-20-49-85(78)94)71-38-9-3-28-59(71)60-29-4-10-39-72(60)91)69(65)56-70-66(88)35-25-53-83(70)95-86-50-21-17-46-79(86)92(80-47-18-22-51-87(80)95)73-40-11-5-30-61(73)62-31-6-12-41-74(62)92/h1-56H. The number of anilines is 6. The van der Waals surface area contributed by atoms with E-state index in [1.807, 2.05) is 0 Å². The van der Waals surface area contributed by atoms with Crippen molar-refractivity contribution < 1.29 is 0 Å². The zero-order valence-corrected chi connectivity index (χ0v) is 51.7. The lowest BCUT2D eigenvalue weighted by Crippen LogP contribution is -2.36. The minimum Gasteiger partial charge on any atom is -0.309 e. The summed E-state index contributed by atoms with van der Waals surface area (Å²) in [6, 6.07) is 130. The molecule has 0 amide bonds. The van der Waals surface area contributed by atoms with Gasteiger partial charge in [0.1, 0.15) is 0 Å². The highest BCUT2D eigenvalue weighted by atomic mass is 15.2. The summed E-state index contributed by atoms with van der Waals surface area (Å²) in [6.45, 7) is 0. The van der Waals surface area contributed by atoms with Gasteiger partial charge < -0.3 is 9.80 Å². The van der Waals surface area contributed by atoms with E-state index >= 15 is 0 Å². The lowest BCUT2D eigenvalue weighted by molar-refractivity contribution is 0.753. The van der Waals surface area contributed by atoms with Crippen LogP contribution in [0.4, 0.5) is 34.1 Å². The zero-order chi connectivity index (χ0) is 61.9. The Morgan fingerprint density at radius 2 is 0.453 bits per heavy atom. The third-order valence-corrected chi connectivity index (χ3v) is 22.8. The number of nitrogens with zero attached hydrogens (tertiary/aromatic N) is 2. The van der Waals surface area contributed by atoms with Crippen LogP contribution in [0.1, 0.15) is 66.8 Å². The van der Waals surface area contributed by atoms with Crippen molar-refractivity contribution in [2.24, 2.45) is 0 Å². The van der Waals surface area contributed by atoms with Gasteiger partial charge in [0.2, 0.25) is 0 Å². The Bertz CT molecular complexity index is 5610. The summed E-state index contributed by atoms with van der Waals surface area (Å²) in [5.41, 5.74) is 33.6. The first-order valence-electron chi connectivity index (χ1n) is 33.4. The molecule has 0 bridgehead atoms. The molecule has 0 saturated carbocycles. The fourth-order valence-electron chi connectivity index (χ4n) is 19.6. The molecule has 16 aromatic rings. The second-order valence-electron chi connectivity index (χ2n) is 26.7. The molecule has 95 heavy (non-hydrogen) atoms. The molecule has 2 aliphatic heterocycles. The molecule has 0 saturated heterocycles. The van der Waals surface area contributed by atoms with Gasteiger partial charge in [-0.3, -0.25) is 0 Å². The minimum atomic E-state index is -0.651. The van der Waals surface area contributed by atoms with Gasteiger partial charge in [-0.2, -0.15) is 0 Å². The van der Waals surface area contributed by atoms with Gasteiger partial charge in [-0.05, 0) is 186 Å². The highest BCUT2D eigenvalue weighted by Crippen LogP contribution is 2.69. The van der Waals surface area contributed by atoms with Gasteiger partial charge in [-0.1, -0.05) is 297 Å². The van der Waals surface area contributed by atoms with Gasteiger partial charge in [-0.25, -0.2) is 0 Å². The highest BCUT2D eigenvalue weighted by Gasteiger charge is 2.56. The van der Waals surface area contributed by atoms with Crippen LogP contribution in [0.2, 0.25) is 0 Å². The maximum absolute atomic E-state index is 2.62. The van der Waals surface area contributed by atoms with Gasteiger partial charge in [0.05, 0.1) is 50.4 Å². The fraction of sp³-hybridized carbons (Fsp3) is 0.0323. The van der Waals surface area contributed by atoms with E-state index in [2.05, 4.69) is 350 Å². The first-order valence-corrected chi connectivity index (χ1v) is 33.4. The molecule has 2 heterocycles. The van der Waals surface area contributed by atoms with Crippen molar-refractivity contribution in [1.82, 2.24) is 0 Å². The molecule has 0 atom stereocenters. The largest absolute Gasteiger partial charge is 0.309 e. The third kappa shape index (κ3) is 6.14. The van der Waals surface area contributed by atoms with Crippen molar-refractivity contribution >= 4 is 66.4 Å². The van der Waals surface area contributed by atoms with Crippen LogP contribution in [0, 0.1) is 0 Å². The molecule has 0 fully saturated rings. The molecular formula is C93H56N2. The van der Waals surface area contributed by atoms with Crippen molar-refractivity contribution in [2.45, 2.75) is 16.2 Å². The van der Waals surface area contributed by atoms with E-state index in [9.17, 15) is 0 Å². The van der Waals surface area contributed by atoms with E-state index in [0.717, 1.165) is 11.4 Å². The van der Waals surface area contributed by atoms with Gasteiger partial charge in [0.15, 0.2) is 0 Å². The molecule has 0 unspecified atom stereocenters. The average molecular weight is 1200 g/mol. The second kappa shape index (κ2) is 18.6. The maximum Gasteiger partial charge on any atom is 0.0754 e. The molecule has 0 radical (unpaired) electrons. The van der Waals surface area contributed by atoms with Crippen molar-refractivity contribution in [3.63, 3.8) is 0 Å². The monoisotopic (exact) mass is 1200 g/mol. The number of rotatable bonds is 3. The summed E-state index contributed by atoms with van der Waals surface area (Å²) in [5, 5.41) is 7.24. The summed E-state index contributed by atoms with van der Waals surface area (Å²) in [7, 11) is 0. The molecular weight excluding hydrogens is 1150 g/mol. The summed E-state index contributed by atoms with van der Waals surface area (Å²) < 4.78 is 0. The molecule has 6 aliphatic rings. The topological polar surface area (TPSA) is 6.48 Å². The number of para-hydroxylation sites is 4. The SMILES string of the molecule is c1ccc2c(c1)-c1ccccc1C21c2ccccc2N(c2cccc3c(-c4cccc5c4C4(c6ccccc6-c6ccccc64)c4ccc6ccccc6c4-5)c4cccc(N5c6ccccc6C6(c7ccccc7-c7ccccc76)c6ccccc65)c4cc23)c2ccccc21. The second-order valence-corrected chi connectivity index (χ2v) is 26.7. The predicted molar refractivity (Wildman–Crippen MR) is 392 cm³/mol. The molecule has 2 heteroatoms. The smallest absolute Gasteiger partial charge is 0.0754 e. The highest BCUT2D eigenvalue weighted by molar-refractivity contribution is 6.22. The van der Waals surface area contributed by atoms with E-state index < -0.39 is 16.2 Å². The molecule has 22 rings (SSSR count). The van der Waals surface area contributed by atoms with E-state index in [1.54, 1.807) is 0 Å². The summed E-state index contributed by atoms with van der Waals surface area (Å²) in [5.74, 6) is 0. The Morgan fingerprint density at radius 1 is 0.168 bits per heavy atom. The Labute approximate surface area is 551 Å². The summed E-state index contributed by atoms with van der Waals surface area (Å²) >= 11 is 0. The molecule has 4 aliphatic carbocycles. The van der Waals surface area contributed by atoms with Crippen LogP contribution in [0.3, 0.4) is 0 Å². The Kier molecular flexibility index (Phi) is 10.1. The molecule has 0 aromatic heterocycles. The van der Waals surface area contributed by atoms with E-state index in [4.69, 9.17) is 0 Å². The van der Waals surface area contributed by atoms with Crippen molar-refractivity contribution in [2.75, 3.05) is 9.80 Å². The maximum atomic E-state index is 2.62. The molecule has 2 nitrogen and oxygen atoms in total. The Morgan fingerprint density at radius 3 is 0.853 bits per heavy atom. The zero-order valence-electron chi connectivity index (χ0n) is 51.7. The number of benzene rings is 16.